The molecule has 0 aliphatic carbocycles. The van der Waals surface area contributed by atoms with Crippen LogP contribution in [0.3, 0.4) is 0 Å². The lowest BCUT2D eigenvalue weighted by Crippen LogP contribution is -2.33. The molecule has 3 aromatic carbocycles. The molecule has 0 unspecified atom stereocenters. The maximum atomic E-state index is 12.5. The van der Waals surface area contributed by atoms with Crippen molar-refractivity contribution in [3.8, 4) is 0 Å². The molecule has 30 heavy (non-hydrogen) atoms. The number of carbonyl (C=O) groups is 2. The van der Waals surface area contributed by atoms with Crippen LogP contribution in [0.4, 0.5) is 0 Å². The maximum Gasteiger partial charge on any atom is 0.316 e. The summed E-state index contributed by atoms with van der Waals surface area (Å²) in [7, 11) is 0. The Kier molecular flexibility index (Phi) is 8.11. The van der Waals surface area contributed by atoms with E-state index in [1.807, 2.05) is 85.8 Å². The zero-order valence-electron chi connectivity index (χ0n) is 16.5. The van der Waals surface area contributed by atoms with Crippen LogP contribution in [-0.2, 0) is 14.3 Å². The summed E-state index contributed by atoms with van der Waals surface area (Å²) in [5.74, 6) is -0.615. The summed E-state index contributed by atoms with van der Waals surface area (Å²) in [6.07, 6.45) is 0. The van der Waals surface area contributed by atoms with E-state index in [0.29, 0.717) is 0 Å². The van der Waals surface area contributed by atoms with Crippen molar-refractivity contribution in [1.82, 2.24) is 5.32 Å². The fraction of sp³-hybridized carbons (Fsp3) is 0.167. The molecule has 0 heterocycles. The second-order valence-corrected chi connectivity index (χ2v) is 8.61. The van der Waals surface area contributed by atoms with Gasteiger partial charge in [-0.05, 0) is 41.8 Å². The normalized spacial score (nSPS) is 10.6. The molecule has 6 heteroatoms. The van der Waals surface area contributed by atoms with E-state index >= 15 is 0 Å². The van der Waals surface area contributed by atoms with Crippen LogP contribution in [0.25, 0.3) is 0 Å². The van der Waals surface area contributed by atoms with Crippen molar-refractivity contribution < 1.29 is 14.3 Å². The summed E-state index contributed by atoms with van der Waals surface area (Å²) in [6, 6.07) is 25.0. The van der Waals surface area contributed by atoms with Crippen molar-refractivity contribution in [2.24, 2.45) is 0 Å². The third-order valence-electron chi connectivity index (χ3n) is 4.42. The summed E-state index contributed by atoms with van der Waals surface area (Å²) in [6.45, 7) is 1.67. The summed E-state index contributed by atoms with van der Waals surface area (Å²) >= 11 is 4.82. The van der Waals surface area contributed by atoms with Gasteiger partial charge < -0.3 is 10.1 Å². The highest BCUT2D eigenvalue weighted by Crippen LogP contribution is 2.25. The van der Waals surface area contributed by atoms with Gasteiger partial charge in [0, 0.05) is 9.37 Å². The first-order valence-electron chi connectivity index (χ1n) is 9.47. The number of ether oxygens (including phenoxy) is 1. The van der Waals surface area contributed by atoms with Gasteiger partial charge in [-0.1, -0.05) is 76.6 Å². The molecule has 0 aliphatic rings. The zero-order valence-corrected chi connectivity index (χ0v) is 18.9. The molecule has 3 rings (SSSR count). The van der Waals surface area contributed by atoms with E-state index in [1.165, 1.54) is 11.8 Å². The highest BCUT2D eigenvalue weighted by atomic mass is 79.9. The molecular formula is C24H22BrNO3S. The van der Waals surface area contributed by atoms with E-state index in [2.05, 4.69) is 21.2 Å². The number of carbonyl (C=O) groups excluding carboxylic acids is 2. The number of aryl methyl sites for hydroxylation is 1. The van der Waals surface area contributed by atoms with Gasteiger partial charge in [-0.15, -0.1) is 11.8 Å². The summed E-state index contributed by atoms with van der Waals surface area (Å²) in [5, 5.41) is 2.97. The molecule has 4 nitrogen and oxygen atoms in total. The highest BCUT2D eigenvalue weighted by Gasteiger charge is 2.17. The van der Waals surface area contributed by atoms with Gasteiger partial charge in [0.2, 0.25) is 0 Å². The standard InChI is InChI=1S/C24H22BrNO3S/c1-17-14-20(25)12-13-21(17)30-16-23(28)29-15-22(27)26-24(18-8-4-2-5-9-18)19-10-6-3-7-11-19/h2-14,24H,15-16H2,1H3,(H,26,27). The number of nitrogens with one attached hydrogen (secondary N) is 1. The molecule has 3 aromatic rings. The van der Waals surface area contributed by atoms with Gasteiger partial charge in [0.15, 0.2) is 6.61 Å². The van der Waals surface area contributed by atoms with Crippen molar-refractivity contribution >= 4 is 39.6 Å². The van der Waals surface area contributed by atoms with Crippen molar-refractivity contribution in [3.63, 3.8) is 0 Å². The Morgan fingerprint density at radius 1 is 0.967 bits per heavy atom. The van der Waals surface area contributed by atoms with Gasteiger partial charge in [-0.2, -0.15) is 0 Å². The smallest absolute Gasteiger partial charge is 0.316 e. The molecule has 1 amide bonds. The molecule has 0 saturated carbocycles. The molecule has 0 spiro atoms. The van der Waals surface area contributed by atoms with E-state index in [-0.39, 0.29) is 24.3 Å². The van der Waals surface area contributed by atoms with E-state index < -0.39 is 5.97 Å². The van der Waals surface area contributed by atoms with Crippen LogP contribution in [0, 0.1) is 6.92 Å². The van der Waals surface area contributed by atoms with Crippen molar-refractivity contribution in [2.75, 3.05) is 12.4 Å². The largest absolute Gasteiger partial charge is 0.455 e. The predicted molar refractivity (Wildman–Crippen MR) is 123 cm³/mol. The molecule has 0 saturated heterocycles. The first kappa shape index (κ1) is 22.1. The SMILES string of the molecule is Cc1cc(Br)ccc1SCC(=O)OCC(=O)NC(c1ccccc1)c1ccccc1. The van der Waals surface area contributed by atoms with E-state index in [0.717, 1.165) is 26.1 Å². The van der Waals surface area contributed by atoms with E-state index in [4.69, 9.17) is 4.74 Å². The average molecular weight is 484 g/mol. The number of hydrogen-bond acceptors (Lipinski definition) is 4. The van der Waals surface area contributed by atoms with Crippen LogP contribution in [0.5, 0.6) is 0 Å². The van der Waals surface area contributed by atoms with Crippen molar-refractivity contribution in [3.05, 3.63) is 100 Å². The average Bonchev–Trinajstić information content (AvgIpc) is 2.76. The van der Waals surface area contributed by atoms with Gasteiger partial charge in [-0.3, -0.25) is 9.59 Å². The Hall–Kier alpha value is -2.57. The summed E-state index contributed by atoms with van der Waals surface area (Å²) in [5.41, 5.74) is 3.00. The lowest BCUT2D eigenvalue weighted by atomic mass is 9.99. The van der Waals surface area contributed by atoms with Gasteiger partial charge in [-0.25, -0.2) is 0 Å². The van der Waals surface area contributed by atoms with Crippen LogP contribution >= 0.6 is 27.7 Å². The van der Waals surface area contributed by atoms with Crippen molar-refractivity contribution in [1.29, 1.82) is 0 Å². The third kappa shape index (κ3) is 6.47. The van der Waals surface area contributed by atoms with Gasteiger partial charge in [0.25, 0.3) is 5.91 Å². The summed E-state index contributed by atoms with van der Waals surface area (Å²) in [4.78, 5) is 25.6. The Labute approximate surface area is 189 Å². The van der Waals surface area contributed by atoms with Crippen LogP contribution in [0.1, 0.15) is 22.7 Å². The number of thioether (sulfide) groups is 1. The molecule has 0 aliphatic heterocycles. The van der Waals surface area contributed by atoms with Crippen LogP contribution in [0.15, 0.2) is 88.2 Å². The minimum absolute atomic E-state index is 0.149. The predicted octanol–water partition coefficient (Wildman–Crippen LogP) is 5.30. The molecule has 154 valence electrons. The number of rotatable bonds is 8. The lowest BCUT2D eigenvalue weighted by Gasteiger charge is -2.20. The first-order valence-corrected chi connectivity index (χ1v) is 11.2. The molecule has 1 N–H and O–H groups in total. The molecule has 0 radical (unpaired) electrons. The van der Waals surface area contributed by atoms with Crippen LogP contribution in [-0.4, -0.2) is 24.2 Å². The Morgan fingerprint density at radius 2 is 1.57 bits per heavy atom. The Bertz CT molecular complexity index is 956. The minimum Gasteiger partial charge on any atom is -0.455 e. The zero-order chi connectivity index (χ0) is 21.3. The first-order chi connectivity index (χ1) is 14.5. The highest BCUT2D eigenvalue weighted by molar-refractivity contribution is 9.10. The number of esters is 1. The number of hydrogen-bond donors (Lipinski definition) is 1. The maximum absolute atomic E-state index is 12.5. The third-order valence-corrected chi connectivity index (χ3v) is 6.06. The number of benzene rings is 3. The molecule has 0 fully saturated rings. The monoisotopic (exact) mass is 483 g/mol. The van der Waals surface area contributed by atoms with E-state index in [9.17, 15) is 9.59 Å². The molecule has 0 aromatic heterocycles. The fourth-order valence-electron chi connectivity index (χ4n) is 2.95. The fourth-order valence-corrected chi connectivity index (χ4v) is 4.23. The quantitative estimate of drug-likeness (QED) is 0.348. The number of amides is 1. The Balaban J connectivity index is 1.54. The second kappa shape index (κ2) is 11.0. The molecule has 0 bridgehead atoms. The van der Waals surface area contributed by atoms with Gasteiger partial charge >= 0.3 is 5.97 Å². The second-order valence-electron chi connectivity index (χ2n) is 6.68. The van der Waals surface area contributed by atoms with Gasteiger partial charge in [0.1, 0.15) is 0 Å². The Morgan fingerprint density at radius 3 is 2.13 bits per heavy atom. The minimum atomic E-state index is -0.423. The van der Waals surface area contributed by atoms with Crippen LogP contribution < -0.4 is 5.32 Å². The molecule has 0 atom stereocenters. The number of halogens is 1. The van der Waals surface area contributed by atoms with Crippen LogP contribution in [0.2, 0.25) is 0 Å². The van der Waals surface area contributed by atoms with E-state index in [1.54, 1.807) is 0 Å². The summed E-state index contributed by atoms with van der Waals surface area (Å²) < 4.78 is 6.18. The van der Waals surface area contributed by atoms with Crippen molar-refractivity contribution in [2.45, 2.75) is 17.9 Å². The van der Waals surface area contributed by atoms with Gasteiger partial charge in [0.05, 0.1) is 11.8 Å². The lowest BCUT2D eigenvalue weighted by molar-refractivity contribution is -0.146. The molecular weight excluding hydrogens is 462 g/mol. The topological polar surface area (TPSA) is 55.4 Å².